The standard InChI is InChI=1S/C30H42BNO5/c1-6-9-22-16-23-27(30(35)32(12-7-2)29(23)34)24-17-31(36)37-25(26(22)24)11-10-20(8-3)15-21-13-18(4)28(33)19(5)14-21/h13-15,23-25,27,33,36H,6-12,16-17H2,1-5H3/b20-15+/t23-,24+,25-,27-/m1/s1. The molecule has 0 unspecified atom stereocenters. The minimum absolute atomic E-state index is 0.0299. The number of phenols is 1. The Morgan fingerprint density at radius 1 is 1.11 bits per heavy atom. The molecule has 2 saturated heterocycles. The van der Waals surface area contributed by atoms with E-state index in [1.165, 1.54) is 21.6 Å². The monoisotopic (exact) mass is 507 g/mol. The normalized spacial score (nSPS) is 26.2. The molecule has 37 heavy (non-hydrogen) atoms. The van der Waals surface area contributed by atoms with Gasteiger partial charge in [-0.2, -0.15) is 0 Å². The fourth-order valence-corrected chi connectivity index (χ4v) is 6.79. The number of likely N-dealkylation sites (tertiary alicyclic amines) is 1. The van der Waals surface area contributed by atoms with Crippen molar-refractivity contribution in [2.75, 3.05) is 6.54 Å². The fraction of sp³-hybridized carbons (Fsp3) is 0.600. The number of amides is 2. The molecule has 4 atom stereocenters. The Morgan fingerprint density at radius 2 is 1.81 bits per heavy atom. The van der Waals surface area contributed by atoms with Gasteiger partial charge in [0.2, 0.25) is 11.8 Å². The van der Waals surface area contributed by atoms with Crippen LogP contribution in [0.25, 0.3) is 6.08 Å². The molecule has 1 aromatic carbocycles. The number of benzene rings is 1. The summed E-state index contributed by atoms with van der Waals surface area (Å²) in [5, 5.41) is 20.9. The number of hydrogen-bond acceptors (Lipinski definition) is 5. The zero-order chi connectivity index (χ0) is 26.9. The lowest BCUT2D eigenvalue weighted by atomic mass is 9.58. The smallest absolute Gasteiger partial charge is 0.455 e. The minimum atomic E-state index is -0.931. The van der Waals surface area contributed by atoms with Gasteiger partial charge in [-0.05, 0) is 99.0 Å². The van der Waals surface area contributed by atoms with Crippen LogP contribution in [0.1, 0.15) is 82.4 Å². The number of phenolic OH excluding ortho intramolecular Hbond substituents is 1. The first-order valence-electron chi connectivity index (χ1n) is 14.1. The maximum absolute atomic E-state index is 13.4. The maximum Gasteiger partial charge on any atom is 0.455 e. The summed E-state index contributed by atoms with van der Waals surface area (Å²) in [5.41, 5.74) is 6.52. The highest BCUT2D eigenvalue weighted by Gasteiger charge is 2.56. The number of fused-ring (bicyclic) bond motifs is 3. The number of nitrogens with zero attached hydrogens (tertiary/aromatic N) is 1. The van der Waals surface area contributed by atoms with Crippen LogP contribution in [0.3, 0.4) is 0 Å². The Labute approximate surface area is 221 Å². The van der Waals surface area contributed by atoms with Crippen LogP contribution < -0.4 is 0 Å². The van der Waals surface area contributed by atoms with Gasteiger partial charge in [-0.15, -0.1) is 0 Å². The van der Waals surface area contributed by atoms with Crippen LogP contribution >= 0.6 is 0 Å². The minimum Gasteiger partial charge on any atom is -0.507 e. The quantitative estimate of drug-likeness (QED) is 0.259. The van der Waals surface area contributed by atoms with E-state index >= 15 is 0 Å². The Morgan fingerprint density at radius 3 is 2.43 bits per heavy atom. The van der Waals surface area contributed by atoms with Crippen molar-refractivity contribution in [1.82, 2.24) is 4.90 Å². The third-order valence-corrected chi connectivity index (χ3v) is 8.46. The van der Waals surface area contributed by atoms with Gasteiger partial charge in [-0.3, -0.25) is 14.5 Å². The van der Waals surface area contributed by atoms with Crippen LogP contribution in [-0.4, -0.2) is 46.6 Å². The summed E-state index contributed by atoms with van der Waals surface area (Å²) in [6.07, 6.45) is 7.99. The number of rotatable bonds is 9. The van der Waals surface area contributed by atoms with Gasteiger partial charge in [0.25, 0.3) is 0 Å². The van der Waals surface area contributed by atoms with Crippen LogP contribution in [-0.2, 0) is 14.2 Å². The molecule has 1 aromatic rings. The predicted molar refractivity (Wildman–Crippen MR) is 147 cm³/mol. The summed E-state index contributed by atoms with van der Waals surface area (Å²) < 4.78 is 6.14. The van der Waals surface area contributed by atoms with Crippen LogP contribution in [0.2, 0.25) is 6.32 Å². The molecule has 1 aliphatic carbocycles. The SMILES string of the molecule is CCCC1=C2[C@@H](CC/C(=C/c3cc(C)c(O)c(C)c3)CC)OB(O)C[C@@H]2[C@@H]2C(=O)N(CCC)C(=O)[C@@H]2C1. The predicted octanol–water partition coefficient (Wildman–Crippen LogP) is 5.59. The van der Waals surface area contributed by atoms with Gasteiger partial charge in [0.15, 0.2) is 0 Å². The molecule has 0 bridgehead atoms. The Bertz CT molecular complexity index is 1090. The van der Waals surface area contributed by atoms with Gasteiger partial charge in [-0.25, -0.2) is 0 Å². The number of carbonyl (C=O) groups is 2. The number of aromatic hydroxyl groups is 1. The van der Waals surface area contributed by atoms with Gasteiger partial charge in [-0.1, -0.05) is 44.4 Å². The van der Waals surface area contributed by atoms with Crippen LogP contribution in [0.15, 0.2) is 28.9 Å². The zero-order valence-electron chi connectivity index (χ0n) is 23.0. The first-order valence-corrected chi connectivity index (χ1v) is 14.1. The zero-order valence-corrected chi connectivity index (χ0v) is 23.0. The lowest BCUT2D eigenvalue weighted by Gasteiger charge is -2.43. The molecular weight excluding hydrogens is 465 g/mol. The van der Waals surface area contributed by atoms with Crippen molar-refractivity contribution in [3.05, 3.63) is 45.5 Å². The highest BCUT2D eigenvalue weighted by molar-refractivity contribution is 6.43. The van der Waals surface area contributed by atoms with Crippen LogP contribution in [0.4, 0.5) is 0 Å². The molecule has 2 N–H and O–H groups in total. The molecule has 0 aromatic heterocycles. The molecule has 7 heteroatoms. The highest BCUT2D eigenvalue weighted by Crippen LogP contribution is 2.51. The summed E-state index contributed by atoms with van der Waals surface area (Å²) in [5.74, 6) is -0.557. The van der Waals surface area contributed by atoms with Crippen molar-refractivity contribution in [2.45, 2.75) is 92.0 Å². The Balaban J connectivity index is 1.61. The molecule has 2 aliphatic heterocycles. The maximum atomic E-state index is 13.4. The lowest BCUT2D eigenvalue weighted by Crippen LogP contribution is -2.46. The van der Waals surface area contributed by atoms with Gasteiger partial charge >= 0.3 is 7.12 Å². The van der Waals surface area contributed by atoms with E-state index in [2.05, 4.69) is 19.9 Å². The van der Waals surface area contributed by atoms with E-state index in [9.17, 15) is 19.7 Å². The number of aryl methyl sites for hydroxylation is 2. The Kier molecular flexibility index (Phi) is 8.65. The van der Waals surface area contributed by atoms with Crippen molar-refractivity contribution >= 4 is 25.0 Å². The van der Waals surface area contributed by atoms with Crippen LogP contribution in [0, 0.1) is 31.6 Å². The third-order valence-electron chi connectivity index (χ3n) is 8.46. The second-order valence-corrected chi connectivity index (χ2v) is 11.1. The van der Waals surface area contributed by atoms with Crippen LogP contribution in [0.5, 0.6) is 5.75 Å². The molecule has 2 amide bonds. The molecule has 200 valence electrons. The van der Waals surface area contributed by atoms with Crippen molar-refractivity contribution in [1.29, 1.82) is 0 Å². The van der Waals surface area contributed by atoms with E-state index in [1.807, 2.05) is 32.9 Å². The summed E-state index contributed by atoms with van der Waals surface area (Å²) in [6, 6.07) is 4.01. The summed E-state index contributed by atoms with van der Waals surface area (Å²) in [7, 11) is -0.931. The first-order chi connectivity index (χ1) is 17.7. The van der Waals surface area contributed by atoms with Crippen molar-refractivity contribution in [2.24, 2.45) is 17.8 Å². The number of carbonyl (C=O) groups excluding carboxylic acids is 2. The molecule has 0 spiro atoms. The van der Waals surface area contributed by atoms with Gasteiger partial charge in [0.05, 0.1) is 17.9 Å². The van der Waals surface area contributed by atoms with Gasteiger partial charge in [0.1, 0.15) is 5.75 Å². The van der Waals surface area contributed by atoms with Crippen molar-refractivity contribution in [3.63, 3.8) is 0 Å². The average molecular weight is 507 g/mol. The number of allylic oxidation sites excluding steroid dienone is 2. The number of hydrogen-bond donors (Lipinski definition) is 2. The van der Waals surface area contributed by atoms with Crippen molar-refractivity contribution < 1.29 is 24.4 Å². The second kappa shape index (κ2) is 11.6. The molecule has 0 radical (unpaired) electrons. The number of imide groups is 1. The average Bonchev–Trinajstić information content (AvgIpc) is 3.09. The lowest BCUT2D eigenvalue weighted by molar-refractivity contribution is -0.140. The fourth-order valence-electron chi connectivity index (χ4n) is 6.79. The van der Waals surface area contributed by atoms with E-state index in [0.29, 0.717) is 25.0 Å². The topological polar surface area (TPSA) is 87.1 Å². The molecule has 6 nitrogen and oxygen atoms in total. The first kappa shape index (κ1) is 27.7. The Hall–Kier alpha value is -2.38. The summed E-state index contributed by atoms with van der Waals surface area (Å²) in [4.78, 5) is 28.1. The van der Waals surface area contributed by atoms with Crippen molar-refractivity contribution in [3.8, 4) is 5.75 Å². The van der Waals surface area contributed by atoms with Gasteiger partial charge < -0.3 is 14.8 Å². The van der Waals surface area contributed by atoms with Gasteiger partial charge in [0, 0.05) is 6.54 Å². The third kappa shape index (κ3) is 5.44. The molecule has 4 rings (SSSR count). The summed E-state index contributed by atoms with van der Waals surface area (Å²) in [6.45, 7) is 10.6. The van der Waals surface area contributed by atoms with E-state index < -0.39 is 7.12 Å². The van der Waals surface area contributed by atoms with E-state index in [1.54, 1.807) is 0 Å². The molecule has 0 saturated carbocycles. The molecular formula is C30H42BNO5. The van der Waals surface area contributed by atoms with E-state index in [-0.39, 0.29) is 35.7 Å². The molecule has 2 heterocycles. The molecule has 2 fully saturated rings. The van der Waals surface area contributed by atoms with E-state index in [4.69, 9.17) is 4.65 Å². The second-order valence-electron chi connectivity index (χ2n) is 11.1. The largest absolute Gasteiger partial charge is 0.507 e. The summed E-state index contributed by atoms with van der Waals surface area (Å²) >= 11 is 0. The van der Waals surface area contributed by atoms with E-state index in [0.717, 1.165) is 55.2 Å². The highest BCUT2D eigenvalue weighted by atomic mass is 16.5. The molecule has 3 aliphatic rings.